The number of nitrogens with zero attached hydrogens (tertiary/aromatic N) is 2. The second-order valence-corrected chi connectivity index (χ2v) is 11.6. The fourth-order valence-corrected chi connectivity index (χ4v) is 5.52. The largest absolute Gasteiger partial charge is 0.497 e. The highest BCUT2D eigenvalue weighted by molar-refractivity contribution is 6.32. The van der Waals surface area contributed by atoms with E-state index in [0.29, 0.717) is 13.0 Å². The van der Waals surface area contributed by atoms with Crippen molar-refractivity contribution in [3.8, 4) is 23.0 Å². The van der Waals surface area contributed by atoms with E-state index < -0.39 is 18.1 Å². The molecule has 0 saturated heterocycles. The number of methoxy groups -OCH3 is 4. The van der Waals surface area contributed by atoms with E-state index >= 15 is 0 Å². The SMILES string of the molecule is CCCN(CCCCNC(=O)C(=O)OC(N)CCCN(CCC)CCc1cc(OC)ccc1OC)CCc1cc(OC)ccc1OC. The molecule has 0 aliphatic rings. The van der Waals surface area contributed by atoms with Gasteiger partial charge in [0.05, 0.1) is 28.4 Å². The van der Waals surface area contributed by atoms with Crippen molar-refractivity contribution in [1.29, 1.82) is 0 Å². The van der Waals surface area contributed by atoms with Crippen molar-refractivity contribution in [3.05, 3.63) is 47.5 Å². The van der Waals surface area contributed by atoms with Crippen LogP contribution in [0.5, 0.6) is 23.0 Å². The van der Waals surface area contributed by atoms with Crippen molar-refractivity contribution < 1.29 is 33.3 Å². The molecular weight excluding hydrogens is 600 g/mol. The van der Waals surface area contributed by atoms with Gasteiger partial charge in [0.25, 0.3) is 0 Å². The molecule has 0 heterocycles. The highest BCUT2D eigenvalue weighted by atomic mass is 16.6. The maximum atomic E-state index is 12.3. The molecule has 47 heavy (non-hydrogen) atoms. The average molecular weight is 659 g/mol. The fourth-order valence-electron chi connectivity index (χ4n) is 5.52. The van der Waals surface area contributed by atoms with Gasteiger partial charge in [0.15, 0.2) is 6.23 Å². The molecule has 1 amide bonds. The Morgan fingerprint density at radius 1 is 0.702 bits per heavy atom. The van der Waals surface area contributed by atoms with Crippen LogP contribution < -0.4 is 30.0 Å². The average Bonchev–Trinajstić information content (AvgIpc) is 3.08. The van der Waals surface area contributed by atoms with Gasteiger partial charge in [0, 0.05) is 19.6 Å². The third-order valence-electron chi connectivity index (χ3n) is 8.04. The predicted molar refractivity (Wildman–Crippen MR) is 186 cm³/mol. The van der Waals surface area contributed by atoms with Crippen molar-refractivity contribution in [2.45, 2.75) is 71.4 Å². The second-order valence-electron chi connectivity index (χ2n) is 11.6. The van der Waals surface area contributed by atoms with Crippen molar-refractivity contribution >= 4 is 11.9 Å². The Morgan fingerprint density at radius 3 is 1.68 bits per heavy atom. The zero-order valence-corrected chi connectivity index (χ0v) is 29.5. The lowest BCUT2D eigenvalue weighted by molar-refractivity contribution is -0.159. The summed E-state index contributed by atoms with van der Waals surface area (Å²) in [6.45, 7) is 10.1. The number of rotatable bonds is 24. The van der Waals surface area contributed by atoms with Crippen molar-refractivity contribution in [3.63, 3.8) is 0 Å². The number of unbranched alkanes of at least 4 members (excludes halogenated alkanes) is 1. The molecular formula is C36H58N4O7. The third kappa shape index (κ3) is 14.8. The molecule has 0 fully saturated rings. The summed E-state index contributed by atoms with van der Waals surface area (Å²) < 4.78 is 27.0. The first-order chi connectivity index (χ1) is 22.8. The quantitative estimate of drug-likeness (QED) is 0.0724. The molecule has 11 heteroatoms. The van der Waals surface area contributed by atoms with E-state index in [1.54, 1.807) is 28.4 Å². The number of nitrogens with two attached hydrogens (primary N) is 1. The maximum Gasteiger partial charge on any atom is 0.398 e. The van der Waals surface area contributed by atoms with Crippen LogP contribution >= 0.6 is 0 Å². The van der Waals surface area contributed by atoms with Gasteiger partial charge in [0.1, 0.15) is 23.0 Å². The van der Waals surface area contributed by atoms with E-state index in [0.717, 1.165) is 118 Å². The second kappa shape index (κ2) is 22.9. The zero-order chi connectivity index (χ0) is 34.4. The minimum Gasteiger partial charge on any atom is -0.497 e. The standard InChI is InChI=1S/C36H58N4O7/c1-7-20-39(24-17-28-26-30(43-3)13-15-32(28)45-5)22-10-9-19-38-35(41)36(42)47-34(37)12-11-23-40(21-8-2)25-18-29-27-31(44-4)14-16-33(29)46-6/h13-16,26-27,34H,7-12,17-25,37H2,1-6H3,(H,38,41). The van der Waals surface area contributed by atoms with E-state index in [1.807, 2.05) is 36.4 Å². The molecule has 0 spiro atoms. The van der Waals surface area contributed by atoms with Gasteiger partial charge in [-0.2, -0.15) is 0 Å². The van der Waals surface area contributed by atoms with Crippen LogP contribution in [0.2, 0.25) is 0 Å². The Bertz CT molecular complexity index is 1200. The molecule has 1 atom stereocenters. The van der Waals surface area contributed by atoms with E-state index in [4.69, 9.17) is 29.4 Å². The Kier molecular flexibility index (Phi) is 19.3. The van der Waals surface area contributed by atoms with Gasteiger partial charge >= 0.3 is 11.9 Å². The summed E-state index contributed by atoms with van der Waals surface area (Å²) in [6, 6.07) is 11.7. The number of amides is 1. The fraction of sp³-hybridized carbons (Fsp3) is 0.611. The molecule has 0 saturated carbocycles. The van der Waals surface area contributed by atoms with Gasteiger partial charge in [-0.25, -0.2) is 4.79 Å². The first-order valence-electron chi connectivity index (χ1n) is 16.9. The normalized spacial score (nSPS) is 11.8. The summed E-state index contributed by atoms with van der Waals surface area (Å²) in [4.78, 5) is 29.4. The summed E-state index contributed by atoms with van der Waals surface area (Å²) in [7, 11) is 6.67. The monoisotopic (exact) mass is 658 g/mol. The molecule has 11 nitrogen and oxygen atoms in total. The van der Waals surface area contributed by atoms with Gasteiger partial charge in [-0.3, -0.25) is 10.5 Å². The van der Waals surface area contributed by atoms with E-state index in [2.05, 4.69) is 29.0 Å². The Hall–Kier alpha value is -3.54. The van der Waals surface area contributed by atoms with Crippen molar-refractivity contribution in [2.75, 3.05) is 74.3 Å². The Morgan fingerprint density at radius 2 is 1.21 bits per heavy atom. The van der Waals surface area contributed by atoms with Crippen LogP contribution in [0, 0.1) is 0 Å². The molecule has 2 aromatic carbocycles. The summed E-state index contributed by atoms with van der Waals surface area (Å²) in [5, 5.41) is 2.67. The molecule has 2 rings (SSSR count). The third-order valence-corrected chi connectivity index (χ3v) is 8.04. The van der Waals surface area contributed by atoms with Gasteiger partial charge in [-0.15, -0.1) is 0 Å². The number of hydrogen-bond donors (Lipinski definition) is 2. The number of esters is 1. The Labute approximate surface area is 282 Å². The van der Waals surface area contributed by atoms with Crippen LogP contribution in [0.15, 0.2) is 36.4 Å². The van der Waals surface area contributed by atoms with Gasteiger partial charge in [-0.1, -0.05) is 13.8 Å². The minimum atomic E-state index is -0.937. The number of carbonyl (C=O) groups is 2. The molecule has 0 aromatic heterocycles. The molecule has 0 aliphatic carbocycles. The van der Waals surface area contributed by atoms with Crippen LogP contribution in [-0.2, 0) is 27.2 Å². The molecule has 0 radical (unpaired) electrons. The number of carbonyl (C=O) groups excluding carboxylic acids is 2. The predicted octanol–water partition coefficient (Wildman–Crippen LogP) is 4.43. The van der Waals surface area contributed by atoms with Gasteiger partial charge in [0.2, 0.25) is 0 Å². The molecule has 264 valence electrons. The summed E-state index contributed by atoms with van der Waals surface area (Å²) >= 11 is 0. The summed E-state index contributed by atoms with van der Waals surface area (Å²) in [6.07, 6.45) is 5.75. The van der Waals surface area contributed by atoms with Crippen LogP contribution in [0.1, 0.15) is 63.5 Å². The molecule has 0 aliphatic heterocycles. The molecule has 3 N–H and O–H groups in total. The van der Waals surface area contributed by atoms with E-state index in [1.165, 1.54) is 0 Å². The highest BCUT2D eigenvalue weighted by Crippen LogP contribution is 2.25. The van der Waals surface area contributed by atoms with Crippen LogP contribution in [-0.4, -0.2) is 102 Å². The number of benzene rings is 2. The van der Waals surface area contributed by atoms with Crippen molar-refractivity contribution in [2.24, 2.45) is 5.73 Å². The van der Waals surface area contributed by atoms with E-state index in [-0.39, 0.29) is 0 Å². The maximum absolute atomic E-state index is 12.3. The zero-order valence-electron chi connectivity index (χ0n) is 29.5. The van der Waals surface area contributed by atoms with Gasteiger partial charge in [-0.05, 0) is 125 Å². The van der Waals surface area contributed by atoms with Crippen LogP contribution in [0.3, 0.4) is 0 Å². The topological polar surface area (TPSA) is 125 Å². The molecule has 0 bridgehead atoms. The first kappa shape index (κ1) is 39.6. The summed E-state index contributed by atoms with van der Waals surface area (Å²) in [5.74, 6) is 1.63. The smallest absolute Gasteiger partial charge is 0.398 e. The lowest BCUT2D eigenvalue weighted by Gasteiger charge is -2.23. The summed E-state index contributed by atoms with van der Waals surface area (Å²) in [5.41, 5.74) is 8.26. The lowest BCUT2D eigenvalue weighted by atomic mass is 10.1. The van der Waals surface area contributed by atoms with Gasteiger partial charge < -0.3 is 38.8 Å². The van der Waals surface area contributed by atoms with Crippen LogP contribution in [0.4, 0.5) is 0 Å². The number of ether oxygens (including phenoxy) is 5. The molecule has 2 aromatic rings. The first-order valence-corrected chi connectivity index (χ1v) is 16.9. The minimum absolute atomic E-state index is 0.400. The molecule has 1 unspecified atom stereocenters. The number of nitrogens with one attached hydrogen (secondary N) is 1. The number of hydrogen-bond acceptors (Lipinski definition) is 10. The highest BCUT2D eigenvalue weighted by Gasteiger charge is 2.19. The van der Waals surface area contributed by atoms with E-state index in [9.17, 15) is 9.59 Å². The Balaban J connectivity index is 1.68. The lowest BCUT2D eigenvalue weighted by Crippen LogP contribution is -2.38. The van der Waals surface area contributed by atoms with Crippen molar-refractivity contribution in [1.82, 2.24) is 15.1 Å². The van der Waals surface area contributed by atoms with Crippen LogP contribution in [0.25, 0.3) is 0 Å².